The zero-order chi connectivity index (χ0) is 25.0. The third-order valence-corrected chi connectivity index (χ3v) is 5.99. The van der Waals surface area contributed by atoms with Crippen LogP contribution in [0, 0.1) is 17.5 Å². The van der Waals surface area contributed by atoms with Gasteiger partial charge in [0.15, 0.2) is 11.6 Å². The van der Waals surface area contributed by atoms with Crippen LogP contribution in [0.5, 0.6) is 0 Å². The molecule has 0 aromatic heterocycles. The Balaban J connectivity index is 0.000000406. The number of alkyl halides is 3. The van der Waals surface area contributed by atoms with Gasteiger partial charge in [0, 0.05) is 37.7 Å². The second kappa shape index (κ2) is 10.6. The van der Waals surface area contributed by atoms with E-state index in [1.165, 1.54) is 16.7 Å². The molecule has 1 heterocycles. The van der Waals surface area contributed by atoms with E-state index in [1.54, 1.807) is 0 Å². The van der Waals surface area contributed by atoms with E-state index in [2.05, 4.69) is 35.2 Å². The summed E-state index contributed by atoms with van der Waals surface area (Å²) in [4.78, 5) is 11.3. The second-order valence-electron chi connectivity index (χ2n) is 8.39. The predicted molar refractivity (Wildman–Crippen MR) is 113 cm³/mol. The lowest BCUT2D eigenvalue weighted by atomic mass is 9.80. The third kappa shape index (κ3) is 6.38. The molecule has 2 aliphatic rings. The van der Waals surface area contributed by atoms with E-state index in [0.29, 0.717) is 18.9 Å². The van der Waals surface area contributed by atoms with Crippen LogP contribution in [0.1, 0.15) is 35.4 Å². The number of halogens is 6. The van der Waals surface area contributed by atoms with Crippen LogP contribution in [-0.4, -0.2) is 41.3 Å². The molecule has 3 N–H and O–H groups in total. The van der Waals surface area contributed by atoms with Crippen LogP contribution in [0.3, 0.4) is 0 Å². The molecular weight excluding hydrogens is 462 g/mol. The molecule has 0 bridgehead atoms. The SMILES string of the molecule is N[C@H]1CC(CN2CCc3ccccc3C2)=CC[C@@H]1c1cc(F)c(F)cc1F.O=C(O)C(F)(F)F. The first-order chi connectivity index (χ1) is 16.0. The van der Waals surface area contributed by atoms with Crippen LogP contribution in [0.15, 0.2) is 48.0 Å². The van der Waals surface area contributed by atoms with E-state index < -0.39 is 29.6 Å². The summed E-state index contributed by atoms with van der Waals surface area (Å²) in [6.07, 6.45) is -0.766. The zero-order valence-corrected chi connectivity index (χ0v) is 18.1. The molecule has 0 unspecified atom stereocenters. The van der Waals surface area contributed by atoms with E-state index in [0.717, 1.165) is 32.1 Å². The quantitative estimate of drug-likeness (QED) is 0.367. The van der Waals surface area contributed by atoms with Crippen LogP contribution < -0.4 is 5.73 Å². The van der Waals surface area contributed by atoms with Crippen LogP contribution in [0.25, 0.3) is 0 Å². The number of carboxylic acid groups (broad SMARTS) is 1. The molecule has 0 radical (unpaired) electrons. The van der Waals surface area contributed by atoms with Crippen LogP contribution in [0.2, 0.25) is 0 Å². The number of fused-ring (bicyclic) bond motifs is 1. The number of carbonyl (C=O) groups is 1. The Hall–Kier alpha value is -2.85. The molecular formula is C24H24F6N2O2. The summed E-state index contributed by atoms with van der Waals surface area (Å²) in [5.74, 6) is -6.00. The highest BCUT2D eigenvalue weighted by Crippen LogP contribution is 2.34. The molecule has 0 saturated heterocycles. The highest BCUT2D eigenvalue weighted by molar-refractivity contribution is 5.73. The number of nitrogens with zero attached hydrogens (tertiary/aromatic N) is 1. The van der Waals surface area contributed by atoms with Gasteiger partial charge in [-0.15, -0.1) is 0 Å². The van der Waals surface area contributed by atoms with Crippen molar-refractivity contribution in [2.24, 2.45) is 5.73 Å². The number of hydrogen-bond acceptors (Lipinski definition) is 3. The highest BCUT2D eigenvalue weighted by Gasteiger charge is 2.38. The minimum atomic E-state index is -5.08. The smallest absolute Gasteiger partial charge is 0.475 e. The fourth-order valence-corrected chi connectivity index (χ4v) is 4.28. The standard InChI is InChI=1S/C22H23F3N2.C2HF3O2/c23-19-11-21(25)20(24)10-18(19)17-6-5-14(9-22(17)26)12-27-8-7-15-3-1-2-4-16(15)13-27;3-2(4,5)1(6)7/h1-5,10-11,17,22H,6-9,12-13,26H2;(H,6,7)/t17-,22+;/m1./s1. The summed E-state index contributed by atoms with van der Waals surface area (Å²) >= 11 is 0. The Bertz CT molecular complexity index is 1070. The third-order valence-electron chi connectivity index (χ3n) is 5.99. The van der Waals surface area contributed by atoms with Gasteiger partial charge in [0.25, 0.3) is 0 Å². The van der Waals surface area contributed by atoms with Crippen molar-refractivity contribution in [1.82, 2.24) is 4.90 Å². The van der Waals surface area contributed by atoms with E-state index in [9.17, 15) is 26.3 Å². The van der Waals surface area contributed by atoms with E-state index in [4.69, 9.17) is 15.6 Å². The van der Waals surface area contributed by atoms with E-state index in [1.807, 2.05) is 0 Å². The molecule has 10 heteroatoms. The summed E-state index contributed by atoms with van der Waals surface area (Å²) < 4.78 is 72.6. The lowest BCUT2D eigenvalue weighted by Gasteiger charge is -2.34. The number of aliphatic carboxylic acids is 1. The molecule has 2 aromatic rings. The fraction of sp³-hybridized carbons (Fsp3) is 0.375. The van der Waals surface area contributed by atoms with Gasteiger partial charge in [0.05, 0.1) is 0 Å². The minimum Gasteiger partial charge on any atom is -0.475 e. The summed E-state index contributed by atoms with van der Waals surface area (Å²) in [6.45, 7) is 2.77. The summed E-state index contributed by atoms with van der Waals surface area (Å²) in [5.41, 5.74) is 10.5. The number of benzene rings is 2. The number of rotatable bonds is 3. The normalized spacial score (nSPS) is 20.6. The molecule has 4 rings (SSSR count). The van der Waals surface area contributed by atoms with Gasteiger partial charge in [-0.3, -0.25) is 4.90 Å². The second-order valence-corrected chi connectivity index (χ2v) is 8.39. The van der Waals surface area contributed by atoms with Crippen molar-refractivity contribution < 1.29 is 36.2 Å². The van der Waals surface area contributed by atoms with Gasteiger partial charge in [-0.1, -0.05) is 35.9 Å². The average molecular weight is 486 g/mol. The topological polar surface area (TPSA) is 66.6 Å². The summed E-state index contributed by atoms with van der Waals surface area (Å²) in [5, 5.41) is 7.12. The molecule has 1 aliphatic heterocycles. The largest absolute Gasteiger partial charge is 0.490 e. The van der Waals surface area contributed by atoms with E-state index >= 15 is 0 Å². The van der Waals surface area contributed by atoms with Crippen LogP contribution in [0.4, 0.5) is 26.3 Å². The minimum absolute atomic E-state index is 0.170. The van der Waals surface area contributed by atoms with Crippen molar-refractivity contribution >= 4 is 5.97 Å². The molecule has 4 nitrogen and oxygen atoms in total. The zero-order valence-electron chi connectivity index (χ0n) is 18.1. The number of allylic oxidation sites excluding steroid dienone is 1. The molecule has 0 amide bonds. The molecule has 2 atom stereocenters. The van der Waals surface area contributed by atoms with Crippen molar-refractivity contribution in [1.29, 1.82) is 0 Å². The van der Waals surface area contributed by atoms with Gasteiger partial charge in [-0.05, 0) is 42.0 Å². The van der Waals surface area contributed by atoms with Gasteiger partial charge in [-0.25, -0.2) is 18.0 Å². The van der Waals surface area contributed by atoms with Crippen molar-refractivity contribution in [2.75, 3.05) is 13.1 Å². The first kappa shape index (κ1) is 25.8. The first-order valence-electron chi connectivity index (χ1n) is 10.6. The van der Waals surface area contributed by atoms with Gasteiger partial charge in [0.2, 0.25) is 0 Å². The maximum Gasteiger partial charge on any atom is 0.490 e. The number of nitrogens with two attached hydrogens (primary N) is 1. The highest BCUT2D eigenvalue weighted by atomic mass is 19.4. The van der Waals surface area contributed by atoms with Gasteiger partial charge >= 0.3 is 12.1 Å². The van der Waals surface area contributed by atoms with Crippen molar-refractivity contribution in [3.05, 3.63) is 82.2 Å². The molecule has 184 valence electrons. The Morgan fingerprint density at radius 1 is 1.06 bits per heavy atom. The van der Waals surface area contributed by atoms with Gasteiger partial charge in [-0.2, -0.15) is 13.2 Å². The lowest BCUT2D eigenvalue weighted by Crippen LogP contribution is -2.37. The number of carboxylic acids is 1. The maximum atomic E-state index is 14.1. The first-order valence-corrected chi connectivity index (χ1v) is 10.6. The van der Waals surface area contributed by atoms with Crippen molar-refractivity contribution in [3.63, 3.8) is 0 Å². The van der Waals surface area contributed by atoms with Gasteiger partial charge < -0.3 is 10.8 Å². The van der Waals surface area contributed by atoms with Crippen LogP contribution >= 0.6 is 0 Å². The molecule has 0 spiro atoms. The fourth-order valence-electron chi connectivity index (χ4n) is 4.28. The monoisotopic (exact) mass is 486 g/mol. The Kier molecular flexibility index (Phi) is 8.04. The molecule has 0 fully saturated rings. The average Bonchev–Trinajstić information content (AvgIpc) is 2.76. The number of hydrogen-bond donors (Lipinski definition) is 2. The predicted octanol–water partition coefficient (Wildman–Crippen LogP) is 4.93. The van der Waals surface area contributed by atoms with Crippen molar-refractivity contribution in [2.45, 2.75) is 43.9 Å². The lowest BCUT2D eigenvalue weighted by molar-refractivity contribution is -0.192. The molecule has 2 aromatic carbocycles. The van der Waals surface area contributed by atoms with Crippen LogP contribution in [-0.2, 0) is 17.8 Å². The molecule has 34 heavy (non-hydrogen) atoms. The molecule has 0 saturated carbocycles. The summed E-state index contributed by atoms with van der Waals surface area (Å²) in [6, 6.07) is 9.76. The maximum absolute atomic E-state index is 14.1. The van der Waals surface area contributed by atoms with Crippen molar-refractivity contribution in [3.8, 4) is 0 Å². The van der Waals surface area contributed by atoms with E-state index in [-0.39, 0.29) is 17.5 Å². The molecule has 1 aliphatic carbocycles. The Labute approximate surface area is 192 Å². The van der Waals surface area contributed by atoms with Gasteiger partial charge in [0.1, 0.15) is 5.82 Å². The Morgan fingerprint density at radius 2 is 1.68 bits per heavy atom. The summed E-state index contributed by atoms with van der Waals surface area (Å²) in [7, 11) is 0. The Morgan fingerprint density at radius 3 is 2.29 bits per heavy atom.